The van der Waals surface area contributed by atoms with Crippen molar-refractivity contribution in [2.45, 2.75) is 50.8 Å². The molecule has 5 rings (SSSR count). The highest BCUT2D eigenvalue weighted by Gasteiger charge is 2.59. The summed E-state index contributed by atoms with van der Waals surface area (Å²) in [6.45, 7) is 2.40. The van der Waals surface area contributed by atoms with Crippen molar-refractivity contribution in [3.8, 4) is 0 Å². The zero-order valence-electron chi connectivity index (χ0n) is 12.6. The van der Waals surface area contributed by atoms with Crippen molar-refractivity contribution in [2.75, 3.05) is 0 Å². The van der Waals surface area contributed by atoms with Gasteiger partial charge in [0.05, 0.1) is 0 Å². The first kappa shape index (κ1) is 13.8. The van der Waals surface area contributed by atoms with Gasteiger partial charge in [0.1, 0.15) is 5.38 Å². The highest BCUT2D eigenvalue weighted by atomic mass is 35.5. The van der Waals surface area contributed by atoms with Gasteiger partial charge in [-0.1, -0.05) is 37.3 Å². The molecule has 3 atom stereocenters. The number of benzene rings is 1. The minimum absolute atomic E-state index is 0.124. The largest absolute Gasteiger partial charge is 0.297 e. The number of Topliss-reactive ketones (excluding diaryl/α,β-unsaturated/α-hetero) is 1. The van der Waals surface area contributed by atoms with E-state index in [-0.39, 0.29) is 5.41 Å². The fourth-order valence-electron chi connectivity index (χ4n) is 6.05. The smallest absolute Gasteiger partial charge is 0.161 e. The van der Waals surface area contributed by atoms with Gasteiger partial charge in [-0.25, -0.2) is 0 Å². The van der Waals surface area contributed by atoms with Crippen LogP contribution >= 0.6 is 11.6 Å². The number of ketones is 1. The molecule has 4 saturated carbocycles. The Labute approximate surface area is 132 Å². The second kappa shape index (κ2) is 4.59. The van der Waals surface area contributed by atoms with E-state index in [0.29, 0.717) is 11.2 Å². The van der Waals surface area contributed by atoms with Gasteiger partial charge >= 0.3 is 0 Å². The Kier molecular flexibility index (Phi) is 3.02. The minimum atomic E-state index is -0.467. The topological polar surface area (TPSA) is 17.1 Å². The molecular formula is C19H23ClO. The number of alkyl halides is 1. The molecule has 3 unspecified atom stereocenters. The third kappa shape index (κ3) is 2.16. The van der Waals surface area contributed by atoms with Gasteiger partial charge in [0.2, 0.25) is 0 Å². The molecule has 0 saturated heterocycles. The van der Waals surface area contributed by atoms with Crippen LogP contribution in [-0.2, 0) is 4.79 Å². The standard InChI is InChI=1S/C19H23ClO/c1-18-8-13-7-14(9-18)11-19(10-13,12-18)17(21)16(20)15-5-3-2-4-6-15/h2-6,13-14,16H,7-12H2,1H3. The Morgan fingerprint density at radius 2 is 1.76 bits per heavy atom. The van der Waals surface area contributed by atoms with Crippen LogP contribution in [0.25, 0.3) is 0 Å². The minimum Gasteiger partial charge on any atom is -0.297 e. The van der Waals surface area contributed by atoms with Crippen LogP contribution in [0.4, 0.5) is 0 Å². The van der Waals surface area contributed by atoms with Crippen molar-refractivity contribution >= 4 is 17.4 Å². The summed E-state index contributed by atoms with van der Waals surface area (Å²) in [7, 11) is 0. The Morgan fingerprint density at radius 1 is 1.14 bits per heavy atom. The van der Waals surface area contributed by atoms with E-state index in [2.05, 4.69) is 6.92 Å². The van der Waals surface area contributed by atoms with Gasteiger partial charge in [-0.2, -0.15) is 0 Å². The van der Waals surface area contributed by atoms with E-state index in [0.717, 1.165) is 36.7 Å². The zero-order chi connectivity index (χ0) is 14.7. The van der Waals surface area contributed by atoms with Crippen molar-refractivity contribution in [3.05, 3.63) is 35.9 Å². The predicted octanol–water partition coefficient (Wildman–Crippen LogP) is 5.14. The number of carbonyl (C=O) groups excluding carboxylic acids is 1. The lowest BCUT2D eigenvalue weighted by atomic mass is 9.43. The molecule has 4 aliphatic rings. The van der Waals surface area contributed by atoms with E-state index < -0.39 is 5.38 Å². The molecule has 1 aromatic carbocycles. The number of rotatable bonds is 3. The lowest BCUT2D eigenvalue weighted by Gasteiger charge is -2.61. The van der Waals surface area contributed by atoms with Gasteiger partial charge in [-0.15, -0.1) is 11.6 Å². The Hall–Kier alpha value is -0.820. The van der Waals surface area contributed by atoms with Gasteiger partial charge in [0.25, 0.3) is 0 Å². The fraction of sp³-hybridized carbons (Fsp3) is 0.632. The van der Waals surface area contributed by atoms with Crippen LogP contribution < -0.4 is 0 Å². The second-order valence-electron chi connectivity index (χ2n) is 8.19. The molecule has 0 N–H and O–H groups in total. The molecule has 4 aliphatic carbocycles. The Morgan fingerprint density at radius 3 is 2.33 bits per heavy atom. The van der Waals surface area contributed by atoms with Crippen LogP contribution in [0, 0.1) is 22.7 Å². The van der Waals surface area contributed by atoms with E-state index >= 15 is 0 Å². The van der Waals surface area contributed by atoms with Gasteiger partial charge < -0.3 is 0 Å². The maximum absolute atomic E-state index is 13.2. The monoisotopic (exact) mass is 302 g/mol. The van der Waals surface area contributed by atoms with Crippen molar-refractivity contribution in [1.29, 1.82) is 0 Å². The molecule has 112 valence electrons. The van der Waals surface area contributed by atoms with Crippen molar-refractivity contribution < 1.29 is 4.79 Å². The molecule has 0 amide bonds. The lowest BCUT2D eigenvalue weighted by Crippen LogP contribution is -2.54. The van der Waals surface area contributed by atoms with Gasteiger partial charge in [0.15, 0.2) is 5.78 Å². The third-order valence-electron chi connectivity index (χ3n) is 6.20. The Balaban J connectivity index is 1.65. The first-order valence-electron chi connectivity index (χ1n) is 8.23. The van der Waals surface area contributed by atoms with Gasteiger partial charge in [-0.05, 0) is 61.3 Å². The molecule has 0 aromatic heterocycles. The van der Waals surface area contributed by atoms with Crippen LogP contribution in [0.5, 0.6) is 0 Å². The average Bonchev–Trinajstić information content (AvgIpc) is 2.44. The van der Waals surface area contributed by atoms with Crippen LogP contribution in [0.3, 0.4) is 0 Å². The van der Waals surface area contributed by atoms with E-state index in [1.165, 1.54) is 19.3 Å². The van der Waals surface area contributed by atoms with Crippen LogP contribution in [-0.4, -0.2) is 5.78 Å². The average molecular weight is 303 g/mol. The molecule has 4 bridgehead atoms. The van der Waals surface area contributed by atoms with Gasteiger partial charge in [0, 0.05) is 5.41 Å². The lowest BCUT2D eigenvalue weighted by molar-refractivity contribution is -0.152. The third-order valence-corrected chi connectivity index (χ3v) is 6.65. The molecule has 0 radical (unpaired) electrons. The summed E-state index contributed by atoms with van der Waals surface area (Å²) in [4.78, 5) is 13.2. The molecular weight excluding hydrogens is 280 g/mol. The van der Waals surface area contributed by atoms with E-state index in [1.54, 1.807) is 0 Å². The number of hydrogen-bond donors (Lipinski definition) is 0. The fourth-order valence-corrected chi connectivity index (χ4v) is 6.43. The predicted molar refractivity (Wildman–Crippen MR) is 85.3 cm³/mol. The SMILES string of the molecule is CC12CC3CC(C1)CC(C(=O)C(Cl)c1ccccc1)(C3)C2. The Bertz CT molecular complexity index is 550. The van der Waals surface area contributed by atoms with Gasteiger partial charge in [-0.3, -0.25) is 4.79 Å². The first-order valence-corrected chi connectivity index (χ1v) is 8.67. The highest BCUT2D eigenvalue weighted by molar-refractivity contribution is 6.32. The highest BCUT2D eigenvalue weighted by Crippen LogP contribution is 2.66. The summed E-state index contributed by atoms with van der Waals surface area (Å²) in [5.74, 6) is 1.83. The summed E-state index contributed by atoms with van der Waals surface area (Å²) in [6.07, 6.45) is 7.26. The normalized spacial score (nSPS) is 42.0. The van der Waals surface area contributed by atoms with Crippen molar-refractivity contribution in [3.63, 3.8) is 0 Å². The molecule has 0 heterocycles. The molecule has 1 aromatic rings. The summed E-state index contributed by atoms with van der Waals surface area (Å²) >= 11 is 6.59. The van der Waals surface area contributed by atoms with Crippen molar-refractivity contribution in [1.82, 2.24) is 0 Å². The summed E-state index contributed by atoms with van der Waals surface area (Å²) in [5.41, 5.74) is 1.23. The van der Waals surface area contributed by atoms with E-state index in [4.69, 9.17) is 11.6 Å². The van der Waals surface area contributed by atoms with Crippen LogP contribution in [0.15, 0.2) is 30.3 Å². The van der Waals surface area contributed by atoms with Crippen molar-refractivity contribution in [2.24, 2.45) is 22.7 Å². The van der Waals surface area contributed by atoms with Crippen LogP contribution in [0.1, 0.15) is 56.4 Å². The van der Waals surface area contributed by atoms with E-state index in [9.17, 15) is 4.79 Å². The molecule has 4 fully saturated rings. The maximum Gasteiger partial charge on any atom is 0.161 e. The quantitative estimate of drug-likeness (QED) is 0.706. The molecule has 0 spiro atoms. The number of halogens is 1. The molecule has 2 heteroatoms. The molecule has 1 nitrogen and oxygen atoms in total. The second-order valence-corrected chi connectivity index (χ2v) is 8.63. The summed E-state index contributed by atoms with van der Waals surface area (Å²) in [5, 5.41) is -0.467. The number of carbonyl (C=O) groups is 1. The zero-order valence-corrected chi connectivity index (χ0v) is 13.4. The number of hydrogen-bond acceptors (Lipinski definition) is 1. The van der Waals surface area contributed by atoms with Crippen LogP contribution in [0.2, 0.25) is 0 Å². The summed E-state index contributed by atoms with van der Waals surface area (Å²) < 4.78 is 0. The summed E-state index contributed by atoms with van der Waals surface area (Å²) in [6, 6.07) is 9.89. The molecule has 0 aliphatic heterocycles. The first-order chi connectivity index (χ1) is 10.00. The van der Waals surface area contributed by atoms with E-state index in [1.807, 2.05) is 30.3 Å². The molecule has 21 heavy (non-hydrogen) atoms. The maximum atomic E-state index is 13.2.